The van der Waals surface area contributed by atoms with Crippen molar-refractivity contribution in [2.75, 3.05) is 7.05 Å². The molecule has 7 nitrogen and oxygen atoms in total. The van der Waals surface area contributed by atoms with Gasteiger partial charge in [-0.2, -0.15) is 0 Å². The number of hydrogen-bond acceptors (Lipinski definition) is 5. The number of aryl methyl sites for hydroxylation is 1. The van der Waals surface area contributed by atoms with Gasteiger partial charge in [0.2, 0.25) is 0 Å². The first-order valence-electron chi connectivity index (χ1n) is 8.05. The monoisotopic (exact) mass is 356 g/mol. The van der Waals surface area contributed by atoms with Crippen LogP contribution < -0.4 is 0 Å². The van der Waals surface area contributed by atoms with E-state index in [2.05, 4.69) is 0 Å². The van der Waals surface area contributed by atoms with Gasteiger partial charge in [0.1, 0.15) is 5.56 Å². The molecular weight excluding hydrogens is 336 g/mol. The number of amides is 1. The lowest BCUT2D eigenvalue weighted by Crippen LogP contribution is -2.37. The Hall–Kier alpha value is -3.22. The molecule has 0 bridgehead atoms. The van der Waals surface area contributed by atoms with Crippen LogP contribution in [0.2, 0.25) is 0 Å². The third-order valence-electron chi connectivity index (χ3n) is 3.92. The molecule has 2 aromatic carbocycles. The van der Waals surface area contributed by atoms with E-state index in [1.165, 1.54) is 24.0 Å². The number of esters is 1. The highest BCUT2D eigenvalue weighted by atomic mass is 16.6. The van der Waals surface area contributed by atoms with Crippen LogP contribution in [-0.2, 0) is 16.1 Å². The molecule has 0 spiro atoms. The predicted octanol–water partition coefficient (Wildman–Crippen LogP) is 3.11. The van der Waals surface area contributed by atoms with E-state index in [0.29, 0.717) is 12.1 Å². The summed E-state index contributed by atoms with van der Waals surface area (Å²) in [5.74, 6) is -1.28. The van der Waals surface area contributed by atoms with Gasteiger partial charge in [0, 0.05) is 19.7 Å². The number of nitrogens with zero attached hydrogens (tertiary/aromatic N) is 2. The van der Waals surface area contributed by atoms with Crippen molar-refractivity contribution in [1.29, 1.82) is 0 Å². The summed E-state index contributed by atoms with van der Waals surface area (Å²) < 4.78 is 5.19. The molecular formula is C19H20N2O5. The highest BCUT2D eigenvalue weighted by molar-refractivity contribution is 5.97. The van der Waals surface area contributed by atoms with E-state index in [1.54, 1.807) is 20.0 Å². The third-order valence-corrected chi connectivity index (χ3v) is 3.92. The van der Waals surface area contributed by atoms with Gasteiger partial charge in [-0.25, -0.2) is 4.79 Å². The average Bonchev–Trinajstić information content (AvgIpc) is 2.61. The molecule has 0 saturated heterocycles. The smallest absolute Gasteiger partial charge is 0.346 e. The molecule has 2 aromatic rings. The van der Waals surface area contributed by atoms with Crippen LogP contribution in [0.15, 0.2) is 48.5 Å². The summed E-state index contributed by atoms with van der Waals surface area (Å²) in [5.41, 5.74) is 0.882. The Morgan fingerprint density at radius 2 is 1.81 bits per heavy atom. The van der Waals surface area contributed by atoms with Gasteiger partial charge in [-0.1, -0.05) is 42.5 Å². The van der Waals surface area contributed by atoms with Crippen LogP contribution in [0.25, 0.3) is 0 Å². The lowest BCUT2D eigenvalue weighted by Gasteiger charge is -2.21. The Morgan fingerprint density at radius 1 is 1.15 bits per heavy atom. The number of ether oxygens (including phenoxy) is 1. The van der Waals surface area contributed by atoms with Crippen molar-refractivity contribution >= 4 is 17.6 Å². The molecule has 0 radical (unpaired) electrons. The van der Waals surface area contributed by atoms with Crippen molar-refractivity contribution in [3.8, 4) is 0 Å². The number of benzene rings is 2. The van der Waals surface area contributed by atoms with E-state index in [1.807, 2.05) is 30.3 Å². The van der Waals surface area contributed by atoms with Crippen molar-refractivity contribution in [1.82, 2.24) is 4.90 Å². The van der Waals surface area contributed by atoms with Crippen LogP contribution in [0.3, 0.4) is 0 Å². The fourth-order valence-electron chi connectivity index (χ4n) is 2.59. The minimum Gasteiger partial charge on any atom is -0.449 e. The number of carbonyl (C=O) groups excluding carboxylic acids is 2. The van der Waals surface area contributed by atoms with Crippen molar-refractivity contribution < 1.29 is 19.2 Å². The molecule has 0 fully saturated rings. The van der Waals surface area contributed by atoms with Gasteiger partial charge in [0.15, 0.2) is 6.10 Å². The molecule has 7 heteroatoms. The van der Waals surface area contributed by atoms with Crippen LogP contribution >= 0.6 is 0 Å². The fraction of sp³-hybridized carbons (Fsp3) is 0.263. The fourth-order valence-corrected chi connectivity index (χ4v) is 2.59. The minimum absolute atomic E-state index is 0.136. The highest BCUT2D eigenvalue weighted by Gasteiger charge is 2.28. The van der Waals surface area contributed by atoms with Gasteiger partial charge >= 0.3 is 5.97 Å². The van der Waals surface area contributed by atoms with E-state index >= 15 is 0 Å². The van der Waals surface area contributed by atoms with Crippen molar-refractivity contribution in [3.05, 3.63) is 75.3 Å². The summed E-state index contributed by atoms with van der Waals surface area (Å²) in [7, 11) is 1.61. The molecule has 0 aliphatic heterocycles. The molecule has 0 aliphatic carbocycles. The standard InChI is InChI=1S/C19H20N2O5/c1-13-8-7-11-16(21(24)25)17(13)19(23)26-14(2)18(22)20(3)12-15-9-5-4-6-10-15/h4-11,14H,12H2,1-3H3. The number of nitro benzene ring substituents is 1. The molecule has 26 heavy (non-hydrogen) atoms. The average molecular weight is 356 g/mol. The molecule has 0 heterocycles. The molecule has 2 rings (SSSR count). The van der Waals surface area contributed by atoms with E-state index in [-0.39, 0.29) is 11.3 Å². The zero-order valence-corrected chi connectivity index (χ0v) is 14.8. The van der Waals surface area contributed by atoms with Crippen LogP contribution in [0.1, 0.15) is 28.4 Å². The van der Waals surface area contributed by atoms with Crippen molar-refractivity contribution in [2.24, 2.45) is 0 Å². The predicted molar refractivity (Wildman–Crippen MR) is 95.6 cm³/mol. The Morgan fingerprint density at radius 3 is 2.42 bits per heavy atom. The van der Waals surface area contributed by atoms with Gasteiger partial charge in [0.25, 0.3) is 11.6 Å². The number of hydrogen-bond donors (Lipinski definition) is 0. The summed E-state index contributed by atoms with van der Waals surface area (Å²) in [6, 6.07) is 13.7. The molecule has 1 unspecified atom stereocenters. The second kappa shape index (κ2) is 8.24. The second-order valence-corrected chi connectivity index (χ2v) is 5.95. The summed E-state index contributed by atoms with van der Waals surface area (Å²) in [4.78, 5) is 36.8. The summed E-state index contributed by atoms with van der Waals surface area (Å²) in [5, 5.41) is 11.1. The Labute approximate surface area is 151 Å². The quantitative estimate of drug-likeness (QED) is 0.451. The number of likely N-dealkylation sites (N-methyl/N-ethyl adjacent to an activating group) is 1. The van der Waals surface area contributed by atoms with E-state index in [4.69, 9.17) is 4.74 Å². The molecule has 0 aliphatic rings. The van der Waals surface area contributed by atoms with Gasteiger partial charge in [-0.15, -0.1) is 0 Å². The maximum Gasteiger partial charge on any atom is 0.346 e. The highest BCUT2D eigenvalue weighted by Crippen LogP contribution is 2.23. The lowest BCUT2D eigenvalue weighted by molar-refractivity contribution is -0.385. The SMILES string of the molecule is Cc1cccc([N+](=O)[O-])c1C(=O)OC(C)C(=O)N(C)Cc1ccccc1. The number of nitro groups is 1. The maximum atomic E-state index is 12.4. The van der Waals surface area contributed by atoms with Crippen LogP contribution in [0, 0.1) is 17.0 Å². The van der Waals surface area contributed by atoms with E-state index < -0.39 is 22.9 Å². The molecule has 0 N–H and O–H groups in total. The normalized spacial score (nSPS) is 11.5. The van der Waals surface area contributed by atoms with Crippen LogP contribution in [0.4, 0.5) is 5.69 Å². The van der Waals surface area contributed by atoms with Crippen molar-refractivity contribution in [2.45, 2.75) is 26.5 Å². The second-order valence-electron chi connectivity index (χ2n) is 5.95. The van der Waals surface area contributed by atoms with Crippen molar-refractivity contribution in [3.63, 3.8) is 0 Å². The summed E-state index contributed by atoms with van der Waals surface area (Å²) in [6.07, 6.45) is -1.06. The Balaban J connectivity index is 2.09. The van der Waals surface area contributed by atoms with E-state index in [0.717, 1.165) is 5.56 Å². The molecule has 136 valence electrons. The third kappa shape index (κ3) is 4.44. The number of rotatable bonds is 6. The van der Waals surface area contributed by atoms with Gasteiger partial charge in [-0.3, -0.25) is 14.9 Å². The van der Waals surface area contributed by atoms with Gasteiger partial charge < -0.3 is 9.64 Å². The first-order chi connectivity index (χ1) is 12.3. The minimum atomic E-state index is -1.06. The topological polar surface area (TPSA) is 89.7 Å². The first kappa shape index (κ1) is 19.1. The molecule has 0 saturated carbocycles. The Bertz CT molecular complexity index is 820. The summed E-state index contributed by atoms with van der Waals surface area (Å²) in [6.45, 7) is 3.40. The van der Waals surface area contributed by atoms with Crippen LogP contribution in [0.5, 0.6) is 0 Å². The van der Waals surface area contributed by atoms with E-state index in [9.17, 15) is 19.7 Å². The van der Waals surface area contributed by atoms with Crippen LogP contribution in [-0.4, -0.2) is 34.9 Å². The molecule has 0 aromatic heterocycles. The molecule has 1 atom stereocenters. The maximum absolute atomic E-state index is 12.4. The zero-order valence-electron chi connectivity index (χ0n) is 14.8. The van der Waals surface area contributed by atoms with Gasteiger partial charge in [-0.05, 0) is 25.0 Å². The lowest BCUT2D eigenvalue weighted by atomic mass is 10.1. The first-order valence-corrected chi connectivity index (χ1v) is 8.05. The largest absolute Gasteiger partial charge is 0.449 e. The van der Waals surface area contributed by atoms with Gasteiger partial charge in [0.05, 0.1) is 4.92 Å². The summed E-state index contributed by atoms with van der Waals surface area (Å²) >= 11 is 0. The Kier molecular flexibility index (Phi) is 6.06. The number of carbonyl (C=O) groups is 2. The molecule has 1 amide bonds. The zero-order chi connectivity index (χ0) is 19.3.